The molecule has 0 saturated carbocycles. The first-order valence-corrected chi connectivity index (χ1v) is 12.5. The highest BCUT2D eigenvalue weighted by molar-refractivity contribution is 5.95. The van der Waals surface area contributed by atoms with Crippen molar-refractivity contribution in [2.75, 3.05) is 6.54 Å². The van der Waals surface area contributed by atoms with Crippen LogP contribution in [0.1, 0.15) is 74.5 Å². The predicted molar refractivity (Wildman–Crippen MR) is 140 cm³/mol. The maximum Gasteiger partial charge on any atom is 0.411 e. The van der Waals surface area contributed by atoms with Gasteiger partial charge in [-0.3, -0.25) is 9.78 Å². The Hall–Kier alpha value is -3.51. The van der Waals surface area contributed by atoms with Gasteiger partial charge in [-0.25, -0.2) is 4.79 Å². The normalized spacial score (nSPS) is 19.0. The number of benzene rings is 2. The smallest absolute Gasteiger partial charge is 0.411 e. The summed E-state index contributed by atoms with van der Waals surface area (Å²) in [6.45, 7) is 7.83. The van der Waals surface area contributed by atoms with Crippen LogP contribution in [0.5, 0.6) is 0 Å². The van der Waals surface area contributed by atoms with Gasteiger partial charge >= 0.3 is 6.09 Å². The zero-order valence-electron chi connectivity index (χ0n) is 21.4. The summed E-state index contributed by atoms with van der Waals surface area (Å²) in [7, 11) is 0. The molecule has 4 rings (SSSR count). The predicted octanol–water partition coefficient (Wildman–Crippen LogP) is 6.30. The zero-order chi connectivity index (χ0) is 25.9. The van der Waals surface area contributed by atoms with E-state index in [0.29, 0.717) is 31.4 Å². The first kappa shape index (κ1) is 25.6. The van der Waals surface area contributed by atoms with E-state index in [4.69, 9.17) is 4.74 Å². The Kier molecular flexibility index (Phi) is 7.27. The maximum atomic E-state index is 13.3. The topological polar surface area (TPSA) is 79.7 Å². The lowest BCUT2D eigenvalue weighted by Crippen LogP contribution is -2.51. The fourth-order valence-electron chi connectivity index (χ4n) is 4.94. The third-order valence-electron chi connectivity index (χ3n) is 6.85. The van der Waals surface area contributed by atoms with Crippen LogP contribution in [0.15, 0.2) is 72.9 Å². The quantitative estimate of drug-likeness (QED) is 0.378. The van der Waals surface area contributed by atoms with E-state index in [9.17, 15) is 14.7 Å². The van der Waals surface area contributed by atoms with E-state index < -0.39 is 11.2 Å². The van der Waals surface area contributed by atoms with E-state index in [2.05, 4.69) is 4.98 Å². The number of aromatic nitrogens is 1. The molecular formula is C30H34N2O4. The van der Waals surface area contributed by atoms with Gasteiger partial charge in [-0.2, -0.15) is 0 Å². The summed E-state index contributed by atoms with van der Waals surface area (Å²) in [5.41, 5.74) is 2.38. The van der Waals surface area contributed by atoms with Gasteiger partial charge in [0.2, 0.25) is 0 Å². The van der Waals surface area contributed by atoms with Gasteiger partial charge in [-0.05, 0) is 44.0 Å². The van der Waals surface area contributed by atoms with E-state index >= 15 is 0 Å². The number of pyridine rings is 1. The van der Waals surface area contributed by atoms with E-state index in [1.807, 2.05) is 74.5 Å². The largest absolute Gasteiger partial charge is 0.438 e. The van der Waals surface area contributed by atoms with Crippen LogP contribution in [0.2, 0.25) is 0 Å². The van der Waals surface area contributed by atoms with Crippen molar-refractivity contribution in [3.05, 3.63) is 89.6 Å². The summed E-state index contributed by atoms with van der Waals surface area (Å²) in [5.74, 6) is 0.0745. The van der Waals surface area contributed by atoms with Crippen molar-refractivity contribution in [1.29, 1.82) is 0 Å². The lowest BCUT2D eigenvalue weighted by Gasteiger charge is -2.45. The molecule has 1 aliphatic heterocycles. The third kappa shape index (κ3) is 5.49. The zero-order valence-corrected chi connectivity index (χ0v) is 21.4. The Morgan fingerprint density at radius 2 is 1.81 bits per heavy atom. The first-order chi connectivity index (χ1) is 17.1. The summed E-state index contributed by atoms with van der Waals surface area (Å²) in [5, 5.41) is 10.6. The van der Waals surface area contributed by atoms with Crippen LogP contribution in [0.3, 0.4) is 0 Å². The monoisotopic (exact) mass is 486 g/mol. The summed E-state index contributed by atoms with van der Waals surface area (Å²) >= 11 is 0. The second kappa shape index (κ2) is 10.2. The molecule has 188 valence electrons. The molecule has 1 aromatic heterocycles. The SMILES string of the molecule is CCC(=O)c1ccc(-c2ccc([C@H](C)N3CC[C@](CC(C)(C)O)(c4ccccc4)OC3=O)cc2)nc1. The fraction of sp³-hybridized carbons (Fsp3) is 0.367. The van der Waals surface area contributed by atoms with Gasteiger partial charge in [0.15, 0.2) is 5.78 Å². The van der Waals surface area contributed by atoms with Crippen molar-refractivity contribution in [1.82, 2.24) is 9.88 Å². The summed E-state index contributed by atoms with van der Waals surface area (Å²) < 4.78 is 6.11. The molecule has 0 bridgehead atoms. The van der Waals surface area contributed by atoms with Crippen LogP contribution >= 0.6 is 0 Å². The van der Waals surface area contributed by atoms with Crippen LogP contribution in [0, 0.1) is 0 Å². The van der Waals surface area contributed by atoms with Crippen LogP contribution in [0.25, 0.3) is 11.3 Å². The number of nitrogens with zero attached hydrogens (tertiary/aromatic N) is 2. The number of carbonyl (C=O) groups is 2. The van der Waals surface area contributed by atoms with E-state index in [1.54, 1.807) is 31.0 Å². The summed E-state index contributed by atoms with van der Waals surface area (Å²) in [6, 6.07) is 21.1. The molecule has 6 heteroatoms. The van der Waals surface area contributed by atoms with E-state index in [1.165, 1.54) is 0 Å². The average Bonchev–Trinajstić information content (AvgIpc) is 2.88. The maximum absolute atomic E-state index is 13.3. The van der Waals surface area contributed by atoms with Crippen LogP contribution in [-0.2, 0) is 10.3 Å². The molecule has 3 aromatic rings. The van der Waals surface area contributed by atoms with Gasteiger partial charge in [-0.1, -0.05) is 61.5 Å². The van der Waals surface area contributed by atoms with Gasteiger partial charge in [0.05, 0.1) is 17.3 Å². The number of hydrogen-bond acceptors (Lipinski definition) is 5. The fourth-order valence-corrected chi connectivity index (χ4v) is 4.94. The Labute approximate surface area is 212 Å². The number of hydrogen-bond donors (Lipinski definition) is 1. The van der Waals surface area contributed by atoms with Crippen molar-refractivity contribution >= 4 is 11.9 Å². The number of ketones is 1. The van der Waals surface area contributed by atoms with Gasteiger partial charge in [0.1, 0.15) is 5.60 Å². The number of aliphatic hydroxyl groups is 1. The summed E-state index contributed by atoms with van der Waals surface area (Å²) in [4.78, 5) is 31.3. The third-order valence-corrected chi connectivity index (χ3v) is 6.85. The van der Waals surface area contributed by atoms with Crippen molar-refractivity contribution in [3.8, 4) is 11.3 Å². The lowest BCUT2D eigenvalue weighted by molar-refractivity contribution is -0.101. The molecule has 1 amide bonds. The Morgan fingerprint density at radius 1 is 1.11 bits per heavy atom. The van der Waals surface area contributed by atoms with Gasteiger partial charge < -0.3 is 14.7 Å². The number of Topliss-reactive ketones (excluding diaryl/α,β-unsaturated/α-hetero) is 1. The van der Waals surface area contributed by atoms with Gasteiger partial charge in [-0.15, -0.1) is 0 Å². The highest BCUT2D eigenvalue weighted by Gasteiger charge is 2.46. The van der Waals surface area contributed by atoms with Crippen molar-refractivity contribution < 1.29 is 19.4 Å². The van der Waals surface area contributed by atoms with Crippen LogP contribution in [0.4, 0.5) is 4.79 Å². The lowest BCUT2D eigenvalue weighted by atomic mass is 9.80. The standard InChI is InChI=1S/C30H34N2O4/c1-5-27(33)24-15-16-26(31-19-24)23-13-11-22(12-14-23)21(2)32-18-17-30(36-28(32)34,20-29(3,4)35)25-9-7-6-8-10-25/h6-16,19,21,35H,5,17-18,20H2,1-4H3/t21-,30-/m0/s1. The molecule has 1 saturated heterocycles. The number of amides is 1. The summed E-state index contributed by atoms with van der Waals surface area (Å²) in [6.07, 6.45) is 2.60. The minimum Gasteiger partial charge on any atom is -0.438 e. The molecule has 6 nitrogen and oxygen atoms in total. The van der Waals surface area contributed by atoms with E-state index in [0.717, 1.165) is 22.4 Å². The first-order valence-electron chi connectivity index (χ1n) is 12.5. The second-order valence-electron chi connectivity index (χ2n) is 10.2. The highest BCUT2D eigenvalue weighted by Crippen LogP contribution is 2.42. The van der Waals surface area contributed by atoms with Crippen LogP contribution < -0.4 is 0 Å². The van der Waals surface area contributed by atoms with Gasteiger partial charge in [0.25, 0.3) is 0 Å². The van der Waals surface area contributed by atoms with Crippen molar-refractivity contribution in [2.24, 2.45) is 0 Å². The van der Waals surface area contributed by atoms with Crippen LogP contribution in [-0.4, -0.2) is 39.0 Å². The van der Waals surface area contributed by atoms with Gasteiger partial charge in [0, 0.05) is 43.1 Å². The molecule has 2 heterocycles. The molecular weight excluding hydrogens is 452 g/mol. The molecule has 0 spiro atoms. The Balaban J connectivity index is 1.50. The molecule has 1 N–H and O–H groups in total. The molecule has 1 fully saturated rings. The minimum atomic E-state index is -0.990. The average molecular weight is 487 g/mol. The molecule has 0 unspecified atom stereocenters. The Bertz CT molecular complexity index is 1200. The van der Waals surface area contributed by atoms with E-state index in [-0.39, 0.29) is 17.9 Å². The Morgan fingerprint density at radius 3 is 2.36 bits per heavy atom. The molecule has 1 aliphatic rings. The molecule has 0 aliphatic carbocycles. The molecule has 2 aromatic carbocycles. The number of cyclic esters (lactones) is 1. The van der Waals surface area contributed by atoms with Crippen molar-refractivity contribution in [2.45, 2.75) is 64.2 Å². The van der Waals surface area contributed by atoms with Crippen molar-refractivity contribution in [3.63, 3.8) is 0 Å². The highest BCUT2D eigenvalue weighted by atomic mass is 16.6. The number of rotatable bonds is 8. The number of carbonyl (C=O) groups excluding carboxylic acids is 2. The molecule has 0 radical (unpaired) electrons. The molecule has 2 atom stereocenters. The minimum absolute atomic E-state index is 0.0745. The molecule has 36 heavy (non-hydrogen) atoms. The number of ether oxygens (including phenoxy) is 1. The second-order valence-corrected chi connectivity index (χ2v) is 10.2.